The van der Waals surface area contributed by atoms with Crippen LogP contribution in [0.5, 0.6) is 0 Å². The molecule has 3 heteroatoms. The van der Waals surface area contributed by atoms with E-state index in [1.807, 2.05) is 11.8 Å². The highest BCUT2D eigenvalue weighted by Crippen LogP contribution is 2.19. The Hall–Kier alpha value is -0.960. The summed E-state index contributed by atoms with van der Waals surface area (Å²) in [5.74, 6) is 1.73. The van der Waals surface area contributed by atoms with E-state index < -0.39 is 0 Å². The maximum Gasteiger partial charge on any atom is 0.156 e. The molecule has 1 aliphatic heterocycles. The third kappa shape index (κ3) is 3.77. The van der Waals surface area contributed by atoms with E-state index in [1.54, 1.807) is 0 Å². The van der Waals surface area contributed by atoms with Gasteiger partial charge in [-0.05, 0) is 24.8 Å². The maximum absolute atomic E-state index is 4.61. The van der Waals surface area contributed by atoms with Gasteiger partial charge >= 0.3 is 0 Å². The van der Waals surface area contributed by atoms with E-state index in [1.165, 1.54) is 5.56 Å². The number of benzene rings is 1. The van der Waals surface area contributed by atoms with Crippen molar-refractivity contribution in [3.05, 3.63) is 35.9 Å². The highest BCUT2D eigenvalue weighted by molar-refractivity contribution is 8.14. The quantitative estimate of drug-likeness (QED) is 0.884. The molecule has 0 saturated carbocycles. The first-order valence-electron chi connectivity index (χ1n) is 6.24. The smallest absolute Gasteiger partial charge is 0.156 e. The zero-order valence-electron chi connectivity index (χ0n) is 10.5. The van der Waals surface area contributed by atoms with Crippen molar-refractivity contribution in [1.82, 2.24) is 5.32 Å². The fourth-order valence-electron chi connectivity index (χ4n) is 1.90. The Kier molecular flexibility index (Phi) is 4.49. The second-order valence-corrected chi connectivity index (χ2v) is 5.65. The molecule has 1 aromatic carbocycles. The van der Waals surface area contributed by atoms with Gasteiger partial charge in [0.15, 0.2) is 5.17 Å². The fourth-order valence-corrected chi connectivity index (χ4v) is 2.86. The standard InChI is InChI=1S/C14H20N2S/c1-11(13-6-4-3-5-7-13)8-9-15-14-16-12(2)10-17-14/h3-7,11-12H,8-10H2,1-2H3,(H,15,16). The fraction of sp³-hybridized carbons (Fsp3) is 0.500. The lowest BCUT2D eigenvalue weighted by Gasteiger charge is -2.10. The number of amidine groups is 1. The van der Waals surface area contributed by atoms with Crippen LogP contribution in [0.2, 0.25) is 0 Å². The summed E-state index contributed by atoms with van der Waals surface area (Å²) in [6.45, 7) is 5.38. The Morgan fingerprint density at radius 1 is 1.41 bits per heavy atom. The highest BCUT2D eigenvalue weighted by Gasteiger charge is 2.14. The molecule has 2 rings (SSSR count). The normalized spacial score (nSPS) is 23.6. The van der Waals surface area contributed by atoms with E-state index in [9.17, 15) is 0 Å². The van der Waals surface area contributed by atoms with Gasteiger partial charge in [0.25, 0.3) is 0 Å². The molecule has 1 saturated heterocycles. The van der Waals surface area contributed by atoms with Crippen LogP contribution in [0.4, 0.5) is 0 Å². The summed E-state index contributed by atoms with van der Waals surface area (Å²) in [7, 11) is 0. The number of hydrogen-bond donors (Lipinski definition) is 1. The molecule has 1 aliphatic rings. The Labute approximate surface area is 108 Å². The molecule has 0 radical (unpaired) electrons. The van der Waals surface area contributed by atoms with E-state index in [0.29, 0.717) is 12.0 Å². The molecule has 1 aromatic rings. The summed E-state index contributed by atoms with van der Waals surface area (Å²) in [6.07, 6.45) is 1.12. The van der Waals surface area contributed by atoms with Crippen LogP contribution in [0, 0.1) is 0 Å². The number of rotatable bonds is 4. The van der Waals surface area contributed by atoms with E-state index in [4.69, 9.17) is 0 Å². The van der Waals surface area contributed by atoms with Gasteiger partial charge in [-0.3, -0.25) is 4.99 Å². The molecular weight excluding hydrogens is 228 g/mol. The molecule has 1 heterocycles. The van der Waals surface area contributed by atoms with Crippen molar-refractivity contribution in [2.75, 3.05) is 12.3 Å². The van der Waals surface area contributed by atoms with Gasteiger partial charge in [0.1, 0.15) is 0 Å². The van der Waals surface area contributed by atoms with Gasteiger partial charge in [0, 0.05) is 18.3 Å². The SMILES string of the molecule is CC1CSC(=NCCC(C)c2ccccc2)N1. The van der Waals surface area contributed by atoms with Crippen LogP contribution in [0.25, 0.3) is 0 Å². The summed E-state index contributed by atoms with van der Waals surface area (Å²) in [6, 6.07) is 11.2. The minimum absolute atomic E-state index is 0.574. The molecule has 2 unspecified atom stereocenters. The first-order chi connectivity index (χ1) is 8.25. The third-order valence-electron chi connectivity index (χ3n) is 3.03. The van der Waals surface area contributed by atoms with Crippen molar-refractivity contribution >= 4 is 16.9 Å². The highest BCUT2D eigenvalue weighted by atomic mass is 32.2. The van der Waals surface area contributed by atoms with Crippen LogP contribution in [0.15, 0.2) is 35.3 Å². The molecule has 0 amide bonds. The molecular formula is C14H20N2S. The van der Waals surface area contributed by atoms with Crippen molar-refractivity contribution in [2.24, 2.45) is 4.99 Å². The van der Waals surface area contributed by atoms with Crippen LogP contribution >= 0.6 is 11.8 Å². The molecule has 92 valence electrons. The minimum atomic E-state index is 0.574. The molecule has 1 fully saturated rings. The van der Waals surface area contributed by atoms with Gasteiger partial charge in [-0.15, -0.1) is 0 Å². The number of nitrogens with one attached hydrogen (secondary N) is 1. The lowest BCUT2D eigenvalue weighted by atomic mass is 9.98. The molecule has 2 nitrogen and oxygen atoms in total. The van der Waals surface area contributed by atoms with Crippen LogP contribution in [0.1, 0.15) is 31.7 Å². The van der Waals surface area contributed by atoms with Gasteiger partial charge in [0.05, 0.1) is 0 Å². The zero-order valence-corrected chi connectivity index (χ0v) is 11.3. The first-order valence-corrected chi connectivity index (χ1v) is 7.23. The van der Waals surface area contributed by atoms with E-state index in [2.05, 4.69) is 54.5 Å². The molecule has 17 heavy (non-hydrogen) atoms. The first kappa shape index (κ1) is 12.5. The van der Waals surface area contributed by atoms with Gasteiger partial charge in [0.2, 0.25) is 0 Å². The topological polar surface area (TPSA) is 24.4 Å². The molecule has 2 atom stereocenters. The Bertz CT molecular complexity index is 375. The van der Waals surface area contributed by atoms with E-state index in [0.717, 1.165) is 23.9 Å². The Balaban J connectivity index is 1.79. The Morgan fingerprint density at radius 3 is 2.82 bits per heavy atom. The molecule has 0 aliphatic carbocycles. The lowest BCUT2D eigenvalue weighted by Crippen LogP contribution is -2.23. The summed E-state index contributed by atoms with van der Waals surface area (Å²) < 4.78 is 0. The summed E-state index contributed by atoms with van der Waals surface area (Å²) in [5.41, 5.74) is 1.41. The lowest BCUT2D eigenvalue weighted by molar-refractivity contribution is 0.687. The van der Waals surface area contributed by atoms with Crippen LogP contribution in [-0.4, -0.2) is 23.5 Å². The van der Waals surface area contributed by atoms with Crippen LogP contribution in [0.3, 0.4) is 0 Å². The van der Waals surface area contributed by atoms with Gasteiger partial charge < -0.3 is 5.32 Å². The largest absolute Gasteiger partial charge is 0.362 e. The predicted molar refractivity (Wildman–Crippen MR) is 76.8 cm³/mol. The molecule has 1 N–H and O–H groups in total. The molecule has 0 aromatic heterocycles. The second kappa shape index (κ2) is 6.10. The van der Waals surface area contributed by atoms with Crippen LogP contribution in [-0.2, 0) is 0 Å². The second-order valence-electron chi connectivity index (χ2n) is 4.64. The number of hydrogen-bond acceptors (Lipinski definition) is 2. The van der Waals surface area contributed by atoms with Crippen molar-refractivity contribution in [3.63, 3.8) is 0 Å². The number of thioether (sulfide) groups is 1. The monoisotopic (exact) mass is 248 g/mol. The van der Waals surface area contributed by atoms with Crippen LogP contribution < -0.4 is 5.32 Å². The molecule has 0 bridgehead atoms. The van der Waals surface area contributed by atoms with Gasteiger partial charge in [-0.2, -0.15) is 0 Å². The van der Waals surface area contributed by atoms with Gasteiger partial charge in [-0.1, -0.05) is 49.0 Å². The van der Waals surface area contributed by atoms with Gasteiger partial charge in [-0.25, -0.2) is 0 Å². The Morgan fingerprint density at radius 2 is 2.18 bits per heavy atom. The summed E-state index contributed by atoms with van der Waals surface area (Å²) in [5, 5.41) is 4.50. The summed E-state index contributed by atoms with van der Waals surface area (Å²) in [4.78, 5) is 4.61. The minimum Gasteiger partial charge on any atom is -0.362 e. The van der Waals surface area contributed by atoms with Crippen molar-refractivity contribution < 1.29 is 0 Å². The predicted octanol–water partition coefficient (Wildman–Crippen LogP) is 3.26. The number of nitrogens with zero attached hydrogens (tertiary/aromatic N) is 1. The van der Waals surface area contributed by atoms with E-state index >= 15 is 0 Å². The van der Waals surface area contributed by atoms with Crippen molar-refractivity contribution in [2.45, 2.75) is 32.2 Å². The van der Waals surface area contributed by atoms with E-state index in [-0.39, 0.29) is 0 Å². The zero-order chi connectivity index (χ0) is 12.1. The number of aliphatic imine (C=N–C) groups is 1. The third-order valence-corrected chi connectivity index (χ3v) is 4.21. The van der Waals surface area contributed by atoms with Crippen molar-refractivity contribution in [1.29, 1.82) is 0 Å². The van der Waals surface area contributed by atoms with Crippen molar-refractivity contribution in [3.8, 4) is 0 Å². The maximum atomic E-state index is 4.61. The molecule has 0 spiro atoms. The summed E-state index contributed by atoms with van der Waals surface area (Å²) >= 11 is 1.84. The average molecular weight is 248 g/mol. The average Bonchev–Trinajstić information content (AvgIpc) is 2.76.